The van der Waals surface area contributed by atoms with Gasteiger partial charge in [-0.15, -0.1) is 0 Å². The Morgan fingerprint density at radius 2 is 1.89 bits per heavy atom. The molecule has 1 N–H and O–H groups in total. The first kappa shape index (κ1) is 18.2. The summed E-state index contributed by atoms with van der Waals surface area (Å²) in [6, 6.07) is 7.35. The first-order valence-electron chi connectivity index (χ1n) is 8.98. The molecule has 28 heavy (non-hydrogen) atoms. The van der Waals surface area contributed by atoms with Gasteiger partial charge in [-0.25, -0.2) is 14.2 Å². The van der Waals surface area contributed by atoms with Gasteiger partial charge in [-0.1, -0.05) is 20.8 Å². The molecule has 1 atom stereocenters. The minimum Gasteiger partial charge on any atom is -0.477 e. The Morgan fingerprint density at radius 3 is 2.50 bits per heavy atom. The van der Waals surface area contributed by atoms with Crippen molar-refractivity contribution in [3.63, 3.8) is 0 Å². The lowest BCUT2D eigenvalue weighted by molar-refractivity contribution is 0.0693. The minimum absolute atomic E-state index is 0.0658. The van der Waals surface area contributed by atoms with Gasteiger partial charge in [-0.05, 0) is 29.7 Å². The third-order valence-corrected chi connectivity index (χ3v) is 5.16. The van der Waals surface area contributed by atoms with Crippen molar-refractivity contribution < 1.29 is 14.3 Å². The molecule has 0 saturated carbocycles. The Kier molecular flexibility index (Phi) is 3.99. The molecule has 3 aromatic rings. The van der Waals surface area contributed by atoms with Gasteiger partial charge in [0.05, 0.1) is 17.4 Å². The van der Waals surface area contributed by atoms with Crippen LogP contribution in [-0.2, 0) is 6.54 Å². The van der Waals surface area contributed by atoms with E-state index in [4.69, 9.17) is 0 Å². The molecule has 3 heterocycles. The van der Waals surface area contributed by atoms with Crippen LogP contribution in [0.5, 0.6) is 0 Å². The van der Waals surface area contributed by atoms with E-state index in [9.17, 15) is 19.1 Å². The monoisotopic (exact) mass is 381 g/mol. The lowest BCUT2D eigenvalue weighted by Gasteiger charge is -2.38. The summed E-state index contributed by atoms with van der Waals surface area (Å²) in [7, 11) is 0. The summed E-state index contributed by atoms with van der Waals surface area (Å²) >= 11 is 0. The van der Waals surface area contributed by atoms with E-state index in [1.807, 2.05) is 15.3 Å². The third kappa shape index (κ3) is 2.93. The summed E-state index contributed by atoms with van der Waals surface area (Å²) in [5, 5.41) is 9.36. The van der Waals surface area contributed by atoms with Gasteiger partial charge in [-0.3, -0.25) is 4.79 Å². The molecular formula is C21H20FN3O3. The number of hydrogen-bond donors (Lipinski definition) is 1. The number of carboxylic acids is 1. The van der Waals surface area contributed by atoms with E-state index in [0.29, 0.717) is 23.8 Å². The number of carbonyl (C=O) groups is 1. The Labute approximate surface area is 160 Å². The highest BCUT2D eigenvalue weighted by Crippen LogP contribution is 2.40. The van der Waals surface area contributed by atoms with Gasteiger partial charge in [0.15, 0.2) is 11.3 Å². The van der Waals surface area contributed by atoms with Crippen molar-refractivity contribution in [2.45, 2.75) is 33.4 Å². The van der Waals surface area contributed by atoms with Crippen molar-refractivity contribution in [2.24, 2.45) is 5.41 Å². The Balaban J connectivity index is 1.93. The molecule has 0 unspecified atom stereocenters. The van der Waals surface area contributed by atoms with Gasteiger partial charge < -0.3 is 14.2 Å². The van der Waals surface area contributed by atoms with Crippen LogP contribution >= 0.6 is 0 Å². The maximum absolute atomic E-state index is 13.2. The maximum atomic E-state index is 13.2. The number of imidazole rings is 1. The summed E-state index contributed by atoms with van der Waals surface area (Å²) in [6.45, 7) is 6.80. The Morgan fingerprint density at radius 1 is 1.21 bits per heavy atom. The van der Waals surface area contributed by atoms with Gasteiger partial charge >= 0.3 is 5.97 Å². The van der Waals surface area contributed by atoms with Crippen molar-refractivity contribution >= 4 is 5.97 Å². The number of rotatable bonds is 2. The molecule has 1 aliphatic rings. The zero-order valence-electron chi connectivity index (χ0n) is 15.8. The number of nitrogens with zero attached hydrogens (tertiary/aromatic N) is 3. The van der Waals surface area contributed by atoms with Crippen molar-refractivity contribution in [3.8, 4) is 22.8 Å². The molecule has 144 valence electrons. The van der Waals surface area contributed by atoms with Crippen LogP contribution in [0.1, 0.15) is 37.2 Å². The average Bonchev–Trinajstić information content (AvgIpc) is 3.04. The highest BCUT2D eigenvalue weighted by atomic mass is 19.1. The number of aromatic carboxylic acids is 1. The Bertz CT molecular complexity index is 1140. The number of halogens is 1. The van der Waals surface area contributed by atoms with Crippen LogP contribution in [0.2, 0.25) is 0 Å². The summed E-state index contributed by atoms with van der Waals surface area (Å²) < 4.78 is 17.1. The van der Waals surface area contributed by atoms with Crippen LogP contribution in [-0.4, -0.2) is 25.2 Å². The van der Waals surface area contributed by atoms with Crippen molar-refractivity contribution in [2.75, 3.05) is 0 Å². The number of aromatic nitrogens is 3. The zero-order chi connectivity index (χ0) is 20.2. The molecule has 0 aliphatic carbocycles. The molecule has 1 aromatic carbocycles. The maximum Gasteiger partial charge on any atom is 0.341 e. The highest BCUT2D eigenvalue weighted by molar-refractivity contribution is 5.87. The second-order valence-corrected chi connectivity index (χ2v) is 8.14. The van der Waals surface area contributed by atoms with E-state index in [-0.39, 0.29) is 22.8 Å². The second-order valence-electron chi connectivity index (χ2n) is 8.14. The third-order valence-electron chi connectivity index (χ3n) is 5.16. The van der Waals surface area contributed by atoms with Gasteiger partial charge in [0.1, 0.15) is 11.4 Å². The second kappa shape index (κ2) is 6.15. The molecule has 0 bridgehead atoms. The van der Waals surface area contributed by atoms with E-state index in [2.05, 4.69) is 25.8 Å². The molecule has 0 spiro atoms. The number of hydrogen-bond acceptors (Lipinski definition) is 3. The fourth-order valence-corrected chi connectivity index (χ4v) is 3.63. The van der Waals surface area contributed by atoms with E-state index < -0.39 is 11.4 Å². The fraction of sp³-hybridized carbons (Fsp3) is 0.286. The van der Waals surface area contributed by atoms with E-state index >= 15 is 0 Å². The van der Waals surface area contributed by atoms with Crippen molar-refractivity contribution in [1.29, 1.82) is 0 Å². The molecule has 6 nitrogen and oxygen atoms in total. The van der Waals surface area contributed by atoms with Crippen LogP contribution < -0.4 is 5.43 Å². The van der Waals surface area contributed by atoms with Crippen LogP contribution in [0.15, 0.2) is 47.5 Å². The molecule has 0 saturated heterocycles. The van der Waals surface area contributed by atoms with Crippen molar-refractivity contribution in [3.05, 3.63) is 64.3 Å². The number of fused-ring (bicyclic) bond motifs is 3. The SMILES string of the molecule is CC(C)(C)[C@@H]1Cn2cc(-c3ccc(F)cc3)nc2-c2cc(=O)c(C(=O)O)cn21. The quantitative estimate of drug-likeness (QED) is 0.732. The van der Waals surface area contributed by atoms with Crippen LogP contribution in [0.25, 0.3) is 22.8 Å². The van der Waals surface area contributed by atoms with Gasteiger partial charge in [-0.2, -0.15) is 0 Å². The lowest BCUT2D eigenvalue weighted by atomic mass is 9.85. The summed E-state index contributed by atoms with van der Waals surface area (Å²) in [4.78, 5) is 28.5. The summed E-state index contributed by atoms with van der Waals surface area (Å²) in [5.41, 5.74) is 1.03. The van der Waals surface area contributed by atoms with E-state index in [0.717, 1.165) is 5.56 Å². The minimum atomic E-state index is -1.24. The largest absolute Gasteiger partial charge is 0.477 e. The molecular weight excluding hydrogens is 361 g/mol. The highest BCUT2D eigenvalue weighted by Gasteiger charge is 2.34. The van der Waals surface area contributed by atoms with Gasteiger partial charge in [0, 0.05) is 30.6 Å². The molecule has 7 heteroatoms. The number of carboxylic acid groups (broad SMARTS) is 1. The first-order chi connectivity index (χ1) is 13.1. The topological polar surface area (TPSA) is 77.1 Å². The number of benzene rings is 1. The van der Waals surface area contributed by atoms with Gasteiger partial charge in [0.2, 0.25) is 0 Å². The predicted molar refractivity (Wildman–Crippen MR) is 103 cm³/mol. The smallest absolute Gasteiger partial charge is 0.341 e. The van der Waals surface area contributed by atoms with Crippen LogP contribution in [0.3, 0.4) is 0 Å². The summed E-state index contributed by atoms with van der Waals surface area (Å²) in [5.74, 6) is -0.971. The van der Waals surface area contributed by atoms with Crippen molar-refractivity contribution in [1.82, 2.24) is 14.1 Å². The van der Waals surface area contributed by atoms with E-state index in [1.54, 1.807) is 12.1 Å². The fourth-order valence-electron chi connectivity index (χ4n) is 3.63. The average molecular weight is 381 g/mol. The first-order valence-corrected chi connectivity index (χ1v) is 8.98. The van der Waals surface area contributed by atoms with Crippen LogP contribution in [0, 0.1) is 11.2 Å². The Hall–Kier alpha value is -3.22. The van der Waals surface area contributed by atoms with Gasteiger partial charge in [0.25, 0.3) is 0 Å². The molecule has 0 radical (unpaired) electrons. The molecule has 0 fully saturated rings. The normalized spacial score (nSPS) is 15.8. The predicted octanol–water partition coefficient (Wildman–Crippen LogP) is 3.82. The molecule has 0 amide bonds. The van der Waals surface area contributed by atoms with Crippen LogP contribution in [0.4, 0.5) is 4.39 Å². The number of pyridine rings is 1. The molecule has 4 rings (SSSR count). The zero-order valence-corrected chi connectivity index (χ0v) is 15.8. The van der Waals surface area contributed by atoms with E-state index in [1.165, 1.54) is 24.4 Å². The molecule has 1 aliphatic heterocycles. The molecule has 2 aromatic heterocycles. The summed E-state index contributed by atoms with van der Waals surface area (Å²) in [6.07, 6.45) is 3.31. The lowest BCUT2D eigenvalue weighted by Crippen LogP contribution is -2.35. The standard InChI is InChI=1S/C21H20FN3O3/c1-21(2,3)18-11-24-10-15(12-4-6-13(22)7-5-12)23-19(24)16-8-17(26)14(20(27)28)9-25(16)18/h4-10,18H,11H2,1-3H3,(H,27,28)/t18-/m0/s1.